The van der Waals surface area contributed by atoms with Gasteiger partial charge in [0, 0.05) is 26.2 Å². The van der Waals surface area contributed by atoms with Crippen molar-refractivity contribution in [3.05, 3.63) is 0 Å². The average Bonchev–Trinajstić information content (AvgIpc) is 2.53. The van der Waals surface area contributed by atoms with E-state index < -0.39 is 5.97 Å². The Morgan fingerprint density at radius 2 is 1.48 bits per heavy atom. The van der Waals surface area contributed by atoms with Gasteiger partial charge in [0.15, 0.2) is 0 Å². The van der Waals surface area contributed by atoms with Crippen LogP contribution in [0.2, 0.25) is 0 Å². The Morgan fingerprint density at radius 3 is 2.04 bits per heavy atom. The maximum Gasteiger partial charge on any atom is 0.304 e. The largest absolute Gasteiger partial charge is 0.481 e. The first-order valence-corrected chi connectivity index (χ1v) is 9.46. The number of hydrogen-bond acceptors (Lipinski definition) is 4. The van der Waals surface area contributed by atoms with E-state index in [0.717, 1.165) is 19.6 Å². The minimum absolute atomic E-state index is 0.0812. The molecule has 0 radical (unpaired) electrons. The number of carbonyl (C=O) groups is 1. The second-order valence-corrected chi connectivity index (χ2v) is 6.29. The minimum Gasteiger partial charge on any atom is -0.481 e. The fraction of sp³-hybridized carbons (Fsp3) is 0.944. The molecule has 0 bridgehead atoms. The van der Waals surface area contributed by atoms with Crippen molar-refractivity contribution in [1.82, 2.24) is 10.2 Å². The maximum atomic E-state index is 10.6. The highest BCUT2D eigenvalue weighted by Gasteiger charge is 2.06. The molecule has 5 heteroatoms. The topological polar surface area (TPSA) is 72.8 Å². The summed E-state index contributed by atoms with van der Waals surface area (Å²) in [5, 5.41) is 21.1. The summed E-state index contributed by atoms with van der Waals surface area (Å²) in [6.45, 7) is 6.08. The monoisotopic (exact) mass is 330 g/mol. The lowest BCUT2D eigenvalue weighted by Crippen LogP contribution is -2.35. The Labute approximate surface area is 142 Å². The van der Waals surface area contributed by atoms with Crippen LogP contribution in [0.5, 0.6) is 0 Å². The van der Waals surface area contributed by atoms with Gasteiger partial charge in [0.2, 0.25) is 0 Å². The lowest BCUT2D eigenvalue weighted by atomic mass is 10.1. The third-order valence-electron chi connectivity index (χ3n) is 4.12. The molecule has 23 heavy (non-hydrogen) atoms. The number of rotatable bonds is 18. The van der Waals surface area contributed by atoms with E-state index in [1.807, 2.05) is 4.90 Å². The van der Waals surface area contributed by atoms with Crippen LogP contribution >= 0.6 is 0 Å². The number of carboxylic acid groups (broad SMARTS) is 1. The van der Waals surface area contributed by atoms with Crippen molar-refractivity contribution in [2.45, 2.75) is 71.1 Å². The molecule has 0 aliphatic carbocycles. The molecule has 0 heterocycles. The third-order valence-corrected chi connectivity index (χ3v) is 4.12. The van der Waals surface area contributed by atoms with Crippen LogP contribution in [-0.2, 0) is 4.79 Å². The summed E-state index contributed by atoms with van der Waals surface area (Å²) in [4.78, 5) is 12.6. The number of aliphatic carboxylic acids is 1. The first-order chi connectivity index (χ1) is 11.2. The molecule has 0 rings (SSSR count). The molecule has 0 atom stereocenters. The van der Waals surface area contributed by atoms with Crippen LogP contribution in [0.15, 0.2) is 0 Å². The summed E-state index contributed by atoms with van der Waals surface area (Å²) in [6.07, 6.45) is 12.2. The van der Waals surface area contributed by atoms with Crippen molar-refractivity contribution in [3.63, 3.8) is 0 Å². The Morgan fingerprint density at radius 1 is 0.870 bits per heavy atom. The van der Waals surface area contributed by atoms with E-state index in [1.165, 1.54) is 57.8 Å². The molecule has 0 aromatic carbocycles. The molecule has 0 aliphatic rings. The number of aliphatic hydroxyl groups excluding tert-OH is 1. The van der Waals surface area contributed by atoms with Gasteiger partial charge in [-0.25, -0.2) is 0 Å². The molecular weight excluding hydrogens is 292 g/mol. The predicted molar refractivity (Wildman–Crippen MR) is 95.9 cm³/mol. The van der Waals surface area contributed by atoms with Gasteiger partial charge >= 0.3 is 5.97 Å². The summed E-state index contributed by atoms with van der Waals surface area (Å²) in [5.41, 5.74) is 0. The van der Waals surface area contributed by atoms with Gasteiger partial charge in [-0.05, 0) is 13.0 Å². The van der Waals surface area contributed by atoms with E-state index in [2.05, 4.69) is 12.2 Å². The molecule has 0 fully saturated rings. The Bertz CT molecular complexity index is 263. The number of unbranched alkanes of at least 4 members (excludes halogenated alkanes) is 8. The van der Waals surface area contributed by atoms with Crippen LogP contribution < -0.4 is 5.32 Å². The number of nitrogens with zero attached hydrogens (tertiary/aromatic N) is 1. The average molecular weight is 331 g/mol. The van der Waals surface area contributed by atoms with Crippen molar-refractivity contribution >= 4 is 5.97 Å². The minimum atomic E-state index is -0.782. The molecule has 0 amide bonds. The van der Waals surface area contributed by atoms with Gasteiger partial charge in [-0.1, -0.05) is 58.3 Å². The van der Waals surface area contributed by atoms with Crippen LogP contribution in [0, 0.1) is 0 Å². The maximum absolute atomic E-state index is 10.6. The van der Waals surface area contributed by atoms with Crippen molar-refractivity contribution in [2.24, 2.45) is 0 Å². The second-order valence-electron chi connectivity index (χ2n) is 6.29. The van der Waals surface area contributed by atoms with E-state index in [0.29, 0.717) is 13.1 Å². The van der Waals surface area contributed by atoms with E-state index in [1.54, 1.807) is 0 Å². The number of hydrogen-bond donors (Lipinski definition) is 3. The first-order valence-electron chi connectivity index (χ1n) is 9.46. The summed E-state index contributed by atoms with van der Waals surface area (Å²) in [5.74, 6) is -0.782. The molecule has 0 saturated heterocycles. The lowest BCUT2D eigenvalue weighted by molar-refractivity contribution is -0.137. The van der Waals surface area contributed by atoms with Crippen LogP contribution in [0.3, 0.4) is 0 Å². The quantitative estimate of drug-likeness (QED) is 0.337. The van der Waals surface area contributed by atoms with E-state index in [-0.39, 0.29) is 13.0 Å². The highest BCUT2D eigenvalue weighted by molar-refractivity contribution is 5.66. The van der Waals surface area contributed by atoms with Crippen molar-refractivity contribution in [2.75, 3.05) is 39.3 Å². The predicted octanol–water partition coefficient (Wildman–Crippen LogP) is 2.88. The van der Waals surface area contributed by atoms with Gasteiger partial charge in [-0.2, -0.15) is 0 Å². The Kier molecular flexibility index (Phi) is 17.2. The molecule has 138 valence electrons. The Balaban J connectivity index is 3.33. The van der Waals surface area contributed by atoms with E-state index in [4.69, 9.17) is 10.2 Å². The second kappa shape index (κ2) is 17.7. The Hall–Kier alpha value is -0.650. The van der Waals surface area contributed by atoms with Crippen LogP contribution in [0.1, 0.15) is 71.1 Å². The van der Waals surface area contributed by atoms with Crippen LogP contribution in [-0.4, -0.2) is 60.4 Å². The summed E-state index contributed by atoms with van der Waals surface area (Å²) < 4.78 is 0. The fourth-order valence-electron chi connectivity index (χ4n) is 2.65. The zero-order chi connectivity index (χ0) is 17.2. The van der Waals surface area contributed by atoms with Crippen LogP contribution in [0.4, 0.5) is 0 Å². The number of carboxylic acids is 1. The third kappa shape index (κ3) is 17.5. The zero-order valence-corrected chi connectivity index (χ0v) is 15.1. The summed E-state index contributed by atoms with van der Waals surface area (Å²) >= 11 is 0. The number of aliphatic hydroxyl groups is 1. The molecule has 3 N–H and O–H groups in total. The van der Waals surface area contributed by atoms with Crippen molar-refractivity contribution in [3.8, 4) is 0 Å². The highest BCUT2D eigenvalue weighted by atomic mass is 16.4. The van der Waals surface area contributed by atoms with Crippen molar-refractivity contribution in [1.29, 1.82) is 0 Å². The normalized spacial score (nSPS) is 11.3. The molecule has 0 saturated carbocycles. The summed E-state index contributed by atoms with van der Waals surface area (Å²) in [6, 6.07) is 0. The highest BCUT2D eigenvalue weighted by Crippen LogP contribution is 2.09. The van der Waals surface area contributed by atoms with Gasteiger partial charge in [-0.3, -0.25) is 9.69 Å². The zero-order valence-electron chi connectivity index (χ0n) is 15.1. The number of nitrogens with one attached hydrogen (secondary N) is 1. The fourth-order valence-corrected chi connectivity index (χ4v) is 2.65. The molecule has 5 nitrogen and oxygen atoms in total. The van der Waals surface area contributed by atoms with Gasteiger partial charge in [0.25, 0.3) is 0 Å². The van der Waals surface area contributed by atoms with Gasteiger partial charge in [0.05, 0.1) is 13.0 Å². The molecule has 0 aromatic heterocycles. The van der Waals surface area contributed by atoms with Crippen molar-refractivity contribution < 1.29 is 15.0 Å². The molecular formula is C18H38N2O3. The lowest BCUT2D eigenvalue weighted by Gasteiger charge is -2.20. The standard InChI is InChI=1S/C18H38N2O3/c1-2-3-4-5-6-7-8-9-10-12-19-13-15-20(16-17-21)14-11-18(22)23/h19,21H,2-17H2,1H3,(H,22,23). The smallest absolute Gasteiger partial charge is 0.304 e. The van der Waals surface area contributed by atoms with Crippen LogP contribution in [0.25, 0.3) is 0 Å². The van der Waals surface area contributed by atoms with Gasteiger partial charge in [-0.15, -0.1) is 0 Å². The van der Waals surface area contributed by atoms with Gasteiger partial charge < -0.3 is 15.5 Å². The molecule has 0 aromatic rings. The SMILES string of the molecule is CCCCCCCCCCCNCCN(CCO)CCC(=O)O. The summed E-state index contributed by atoms with van der Waals surface area (Å²) in [7, 11) is 0. The molecule has 0 aliphatic heterocycles. The first kappa shape index (κ1) is 22.4. The molecule has 0 unspecified atom stereocenters. The molecule has 0 spiro atoms. The van der Waals surface area contributed by atoms with E-state index in [9.17, 15) is 4.79 Å². The van der Waals surface area contributed by atoms with E-state index >= 15 is 0 Å². The van der Waals surface area contributed by atoms with Gasteiger partial charge in [0.1, 0.15) is 0 Å².